The van der Waals surface area contributed by atoms with Crippen LogP contribution in [-0.4, -0.2) is 98.1 Å². The van der Waals surface area contributed by atoms with Crippen LogP contribution in [0.15, 0.2) is 119 Å². The zero-order valence-corrected chi connectivity index (χ0v) is 39.6. The minimum absolute atomic E-state index is 0.107. The van der Waals surface area contributed by atoms with Crippen molar-refractivity contribution in [1.29, 1.82) is 0 Å². The standard InChI is InChI=1S/C23H27N3O6S.C23H29N3O5S/c1-25-21(22(27)16-30-2)13-23(24-25)33(28,29)26(14-17-5-9-19(31-3)10-6-17)15-18-7-11-20(32-4)12-8-18;1-23(2,27)21-14-22(24-25(21)3)32(28,29)26(15-17-6-10-19(30-4)11-7-17)16-18-8-12-20(31-5)13-9-18/h5-13H,14-16H2,1-4H3;6-14,27H,15-16H2,1-5H3. The van der Waals surface area contributed by atoms with E-state index in [9.17, 15) is 26.7 Å². The molecule has 2 heterocycles. The number of hydrogen-bond acceptors (Lipinski definition) is 13. The molecule has 0 saturated heterocycles. The van der Waals surface area contributed by atoms with Gasteiger partial charge in [0.05, 0.1) is 34.1 Å². The Morgan fingerprint density at radius 2 is 0.862 bits per heavy atom. The van der Waals surface area contributed by atoms with Crippen LogP contribution >= 0.6 is 0 Å². The minimum atomic E-state index is -4.03. The number of rotatable bonds is 20. The first-order chi connectivity index (χ1) is 30.8. The molecule has 348 valence electrons. The average molecular weight is 933 g/mol. The topological polar surface area (TPSA) is 194 Å². The lowest BCUT2D eigenvalue weighted by Crippen LogP contribution is -2.30. The molecule has 0 aliphatic rings. The Hall–Kier alpha value is -6.09. The van der Waals surface area contributed by atoms with Crippen molar-refractivity contribution >= 4 is 25.8 Å². The van der Waals surface area contributed by atoms with Crippen LogP contribution in [0, 0.1) is 0 Å². The van der Waals surface area contributed by atoms with E-state index in [0.29, 0.717) is 28.7 Å². The fraction of sp³-hybridized carbons (Fsp3) is 0.326. The minimum Gasteiger partial charge on any atom is -0.497 e. The van der Waals surface area contributed by atoms with Gasteiger partial charge in [0.25, 0.3) is 20.0 Å². The van der Waals surface area contributed by atoms with Gasteiger partial charge in [0, 0.05) is 59.5 Å². The van der Waals surface area contributed by atoms with Crippen molar-refractivity contribution in [2.45, 2.75) is 55.7 Å². The van der Waals surface area contributed by atoms with E-state index in [2.05, 4.69) is 10.2 Å². The van der Waals surface area contributed by atoms with Crippen LogP contribution in [-0.2, 0) is 70.7 Å². The predicted octanol–water partition coefficient (Wildman–Crippen LogP) is 5.71. The van der Waals surface area contributed by atoms with Crippen molar-refractivity contribution in [3.63, 3.8) is 0 Å². The highest BCUT2D eigenvalue weighted by Crippen LogP contribution is 2.28. The zero-order chi connectivity index (χ0) is 47.5. The smallest absolute Gasteiger partial charge is 0.263 e. The molecule has 0 fully saturated rings. The highest BCUT2D eigenvalue weighted by molar-refractivity contribution is 7.89. The van der Waals surface area contributed by atoms with Gasteiger partial charge in [-0.3, -0.25) is 14.2 Å². The lowest BCUT2D eigenvalue weighted by molar-refractivity contribution is 0.0695. The van der Waals surface area contributed by atoms with E-state index in [1.54, 1.807) is 122 Å². The number of aliphatic hydroxyl groups is 1. The Kier molecular flexibility index (Phi) is 16.7. The van der Waals surface area contributed by atoms with Gasteiger partial charge in [-0.15, -0.1) is 0 Å². The first-order valence-corrected chi connectivity index (χ1v) is 23.1. The summed E-state index contributed by atoms with van der Waals surface area (Å²) in [7, 11) is 2.84. The number of benzene rings is 4. The molecule has 0 amide bonds. The van der Waals surface area contributed by atoms with Crippen molar-refractivity contribution in [2.24, 2.45) is 14.1 Å². The summed E-state index contributed by atoms with van der Waals surface area (Å²) in [6.45, 7) is 3.52. The third-order valence-corrected chi connectivity index (χ3v) is 13.5. The molecule has 6 aromatic rings. The number of ether oxygens (including phenoxy) is 5. The Labute approximate surface area is 380 Å². The molecule has 17 nitrogen and oxygen atoms in total. The number of Topliss-reactive ketones (excluding diaryl/α,β-unsaturated/α-hetero) is 1. The summed E-state index contributed by atoms with van der Waals surface area (Å²) in [6, 6.07) is 31.5. The van der Waals surface area contributed by atoms with Gasteiger partial charge in [0.1, 0.15) is 40.9 Å². The molecule has 6 rings (SSSR count). The fourth-order valence-corrected chi connectivity index (χ4v) is 9.40. The van der Waals surface area contributed by atoms with Gasteiger partial charge in [0.15, 0.2) is 10.1 Å². The zero-order valence-electron chi connectivity index (χ0n) is 38.0. The lowest BCUT2D eigenvalue weighted by Gasteiger charge is -2.21. The third-order valence-electron chi connectivity index (χ3n) is 10.2. The van der Waals surface area contributed by atoms with Gasteiger partial charge in [-0.2, -0.15) is 18.8 Å². The van der Waals surface area contributed by atoms with Crippen molar-refractivity contribution in [3.8, 4) is 23.0 Å². The monoisotopic (exact) mass is 932 g/mol. The summed E-state index contributed by atoms with van der Waals surface area (Å²) in [5.74, 6) is 2.38. The first-order valence-electron chi connectivity index (χ1n) is 20.2. The predicted molar refractivity (Wildman–Crippen MR) is 243 cm³/mol. The number of aromatic nitrogens is 4. The van der Waals surface area contributed by atoms with E-state index in [1.807, 2.05) is 24.3 Å². The van der Waals surface area contributed by atoms with Crippen LogP contribution in [0.4, 0.5) is 0 Å². The molecular weight excluding hydrogens is 877 g/mol. The summed E-state index contributed by atoms with van der Waals surface area (Å²) < 4.78 is 85.4. The molecular formula is C46H56N6O11S2. The summed E-state index contributed by atoms with van der Waals surface area (Å²) in [6.07, 6.45) is 0. The normalized spacial score (nSPS) is 11.9. The molecule has 0 aliphatic carbocycles. The Morgan fingerprint density at radius 3 is 1.14 bits per heavy atom. The molecule has 0 atom stereocenters. The van der Waals surface area contributed by atoms with E-state index in [-0.39, 0.29) is 54.3 Å². The van der Waals surface area contributed by atoms with E-state index in [0.717, 1.165) is 22.3 Å². The molecule has 1 N–H and O–H groups in total. The van der Waals surface area contributed by atoms with E-state index in [1.165, 1.54) is 44.3 Å². The molecule has 0 saturated carbocycles. The molecule has 19 heteroatoms. The Morgan fingerprint density at radius 1 is 0.554 bits per heavy atom. The van der Waals surface area contributed by atoms with Crippen molar-refractivity contribution in [3.05, 3.63) is 143 Å². The second kappa shape index (κ2) is 21.7. The number of carbonyl (C=O) groups is 1. The first kappa shape index (κ1) is 49.9. The fourth-order valence-electron chi connectivity index (χ4n) is 6.63. The van der Waals surface area contributed by atoms with Gasteiger partial charge >= 0.3 is 0 Å². The Bertz CT molecular complexity index is 2620. The van der Waals surface area contributed by atoms with Gasteiger partial charge in [-0.1, -0.05) is 48.5 Å². The van der Waals surface area contributed by atoms with E-state index in [4.69, 9.17) is 23.7 Å². The highest BCUT2D eigenvalue weighted by atomic mass is 32.2. The molecule has 0 spiro atoms. The van der Waals surface area contributed by atoms with Gasteiger partial charge in [-0.05, 0) is 84.6 Å². The van der Waals surface area contributed by atoms with Crippen molar-refractivity contribution in [2.75, 3.05) is 42.2 Å². The SMILES string of the molecule is COCC(=O)c1cc(S(=O)(=O)N(Cc2ccc(OC)cc2)Cc2ccc(OC)cc2)nn1C.COc1ccc(CN(Cc2ccc(OC)cc2)S(=O)(=O)c2cc(C(C)(C)O)n(C)n2)cc1. The number of aryl methyl sites for hydroxylation is 2. The number of nitrogens with zero attached hydrogens (tertiary/aromatic N) is 6. The molecule has 0 unspecified atom stereocenters. The molecule has 0 aliphatic heterocycles. The molecule has 0 bridgehead atoms. The van der Waals surface area contributed by atoms with E-state index < -0.39 is 25.6 Å². The van der Waals surface area contributed by atoms with Crippen LogP contribution < -0.4 is 18.9 Å². The second-order valence-corrected chi connectivity index (χ2v) is 19.1. The molecule has 65 heavy (non-hydrogen) atoms. The number of sulfonamides is 2. The number of hydrogen-bond donors (Lipinski definition) is 1. The summed E-state index contributed by atoms with van der Waals surface area (Å²) >= 11 is 0. The maximum absolute atomic E-state index is 13.6. The van der Waals surface area contributed by atoms with Crippen LogP contribution in [0.1, 0.15) is 52.3 Å². The number of methoxy groups -OCH3 is 5. The van der Waals surface area contributed by atoms with Gasteiger partial charge in [0.2, 0.25) is 5.78 Å². The van der Waals surface area contributed by atoms with Crippen LogP contribution in [0.3, 0.4) is 0 Å². The second-order valence-electron chi connectivity index (χ2n) is 15.3. The number of carbonyl (C=O) groups excluding carboxylic acids is 1. The van der Waals surface area contributed by atoms with Crippen LogP contribution in [0.25, 0.3) is 0 Å². The maximum Gasteiger partial charge on any atom is 0.263 e. The number of ketones is 1. The van der Waals surface area contributed by atoms with E-state index >= 15 is 0 Å². The Balaban J connectivity index is 0.000000244. The largest absolute Gasteiger partial charge is 0.497 e. The highest BCUT2D eigenvalue weighted by Gasteiger charge is 2.32. The van der Waals surface area contributed by atoms with Crippen molar-refractivity contribution < 1.29 is 50.4 Å². The maximum atomic E-state index is 13.6. The summed E-state index contributed by atoms with van der Waals surface area (Å²) in [4.78, 5) is 12.3. The summed E-state index contributed by atoms with van der Waals surface area (Å²) in [5, 5.41) is 18.4. The summed E-state index contributed by atoms with van der Waals surface area (Å²) in [5.41, 5.74) is 2.50. The lowest BCUT2D eigenvalue weighted by atomic mass is 10.1. The molecule has 4 aromatic carbocycles. The van der Waals surface area contributed by atoms with Gasteiger partial charge < -0.3 is 28.8 Å². The van der Waals surface area contributed by atoms with Crippen LogP contribution in [0.5, 0.6) is 23.0 Å². The molecule has 0 radical (unpaired) electrons. The van der Waals surface area contributed by atoms with Gasteiger partial charge in [-0.25, -0.2) is 16.8 Å². The molecule has 2 aromatic heterocycles. The third kappa shape index (κ3) is 12.8. The van der Waals surface area contributed by atoms with Crippen molar-refractivity contribution in [1.82, 2.24) is 28.2 Å². The average Bonchev–Trinajstić information content (AvgIpc) is 3.91. The van der Waals surface area contributed by atoms with Crippen LogP contribution in [0.2, 0.25) is 0 Å². The quantitative estimate of drug-likeness (QED) is 0.0916.